The molecule has 0 unspecified atom stereocenters. The molecular weight excluding hydrogens is 200 g/mol. The van der Waals surface area contributed by atoms with Crippen molar-refractivity contribution in [2.75, 3.05) is 0 Å². The Labute approximate surface area is 88.1 Å². The first kappa shape index (κ1) is 12.5. The van der Waals surface area contributed by atoms with Gasteiger partial charge in [-0.1, -0.05) is 61.2 Å². The molecule has 1 aromatic rings. The van der Waals surface area contributed by atoms with E-state index in [9.17, 15) is 4.79 Å². The summed E-state index contributed by atoms with van der Waals surface area (Å²) in [7, 11) is 0. The van der Waals surface area contributed by atoms with Gasteiger partial charge in [-0.3, -0.25) is 0 Å². The van der Waals surface area contributed by atoms with Crippen molar-refractivity contribution in [3.63, 3.8) is 0 Å². The van der Waals surface area contributed by atoms with Gasteiger partial charge in [0.15, 0.2) is 0 Å². The molecule has 1 rings (SSSR count). The van der Waals surface area contributed by atoms with Gasteiger partial charge in [0.2, 0.25) is 0 Å². The zero-order chi connectivity index (χ0) is 11.0. The number of carbonyl (C=O) groups is 1. The SMILES string of the molecule is C=C(Cl)C(=O)O.C=Cc1ccccc1. The molecular formula is C11H11ClO2. The minimum atomic E-state index is -1.17. The van der Waals surface area contributed by atoms with Crippen molar-refractivity contribution < 1.29 is 9.90 Å². The van der Waals surface area contributed by atoms with Crippen molar-refractivity contribution in [2.45, 2.75) is 0 Å². The first-order chi connectivity index (χ1) is 6.57. The average molecular weight is 211 g/mol. The Morgan fingerprint density at radius 3 is 2.00 bits per heavy atom. The molecule has 0 saturated heterocycles. The second kappa shape index (κ2) is 6.92. The monoisotopic (exact) mass is 210 g/mol. The largest absolute Gasteiger partial charge is 0.477 e. The van der Waals surface area contributed by atoms with E-state index in [4.69, 9.17) is 16.7 Å². The molecule has 74 valence electrons. The molecule has 1 N–H and O–H groups in total. The number of halogens is 1. The van der Waals surface area contributed by atoms with E-state index in [0.717, 1.165) is 0 Å². The van der Waals surface area contributed by atoms with Crippen LogP contribution in [0.4, 0.5) is 0 Å². The highest BCUT2D eigenvalue weighted by molar-refractivity contribution is 6.40. The van der Waals surface area contributed by atoms with Crippen LogP contribution in [-0.4, -0.2) is 11.1 Å². The second-order valence-corrected chi connectivity index (χ2v) is 2.78. The van der Waals surface area contributed by atoms with E-state index < -0.39 is 5.97 Å². The Morgan fingerprint density at radius 1 is 1.36 bits per heavy atom. The molecule has 0 aliphatic heterocycles. The maximum absolute atomic E-state index is 9.47. The van der Waals surface area contributed by atoms with Crippen molar-refractivity contribution in [3.05, 3.63) is 54.1 Å². The molecule has 0 amide bonds. The Balaban J connectivity index is 0.000000255. The van der Waals surface area contributed by atoms with Gasteiger partial charge < -0.3 is 5.11 Å². The molecule has 1 aromatic carbocycles. The number of carboxylic acids is 1. The highest BCUT2D eigenvalue weighted by Crippen LogP contribution is 1.97. The van der Waals surface area contributed by atoms with Crippen LogP contribution in [0.5, 0.6) is 0 Å². The summed E-state index contributed by atoms with van der Waals surface area (Å²) in [4.78, 5) is 9.47. The summed E-state index contributed by atoms with van der Waals surface area (Å²) in [5.74, 6) is -1.17. The Hall–Kier alpha value is -1.54. The van der Waals surface area contributed by atoms with Gasteiger partial charge in [0.25, 0.3) is 0 Å². The van der Waals surface area contributed by atoms with E-state index in [1.807, 2.05) is 36.4 Å². The minimum absolute atomic E-state index is 0.352. The van der Waals surface area contributed by atoms with Gasteiger partial charge in [0, 0.05) is 0 Å². The normalized spacial score (nSPS) is 8.07. The van der Waals surface area contributed by atoms with Gasteiger partial charge in [-0.25, -0.2) is 4.79 Å². The average Bonchev–Trinajstić information content (AvgIpc) is 2.20. The summed E-state index contributed by atoms with van der Waals surface area (Å²) >= 11 is 4.82. The molecule has 2 nitrogen and oxygen atoms in total. The van der Waals surface area contributed by atoms with Crippen LogP contribution >= 0.6 is 11.6 Å². The van der Waals surface area contributed by atoms with Crippen LogP contribution in [0.3, 0.4) is 0 Å². The molecule has 0 radical (unpaired) electrons. The smallest absolute Gasteiger partial charge is 0.346 e. The summed E-state index contributed by atoms with van der Waals surface area (Å²) in [6, 6.07) is 10.0. The van der Waals surface area contributed by atoms with E-state index in [-0.39, 0.29) is 5.03 Å². The van der Waals surface area contributed by atoms with Crippen LogP contribution in [0.15, 0.2) is 48.5 Å². The van der Waals surface area contributed by atoms with Crippen molar-refractivity contribution in [1.82, 2.24) is 0 Å². The zero-order valence-corrected chi connectivity index (χ0v) is 8.37. The molecule has 0 aliphatic carbocycles. The lowest BCUT2D eigenvalue weighted by Gasteiger charge is -1.85. The highest BCUT2D eigenvalue weighted by Gasteiger charge is 1.93. The quantitative estimate of drug-likeness (QED) is 0.762. The second-order valence-electron chi connectivity index (χ2n) is 2.32. The molecule has 3 heteroatoms. The predicted molar refractivity (Wildman–Crippen MR) is 59.2 cm³/mol. The number of hydrogen-bond donors (Lipinski definition) is 1. The topological polar surface area (TPSA) is 37.3 Å². The number of benzene rings is 1. The van der Waals surface area contributed by atoms with Gasteiger partial charge in [-0.15, -0.1) is 0 Å². The third kappa shape index (κ3) is 6.03. The molecule has 0 bridgehead atoms. The molecule has 0 aromatic heterocycles. The molecule has 0 saturated carbocycles. The summed E-state index contributed by atoms with van der Waals surface area (Å²) in [5, 5.41) is 7.41. The Morgan fingerprint density at radius 2 is 1.79 bits per heavy atom. The fourth-order valence-corrected chi connectivity index (χ4v) is 0.589. The first-order valence-electron chi connectivity index (χ1n) is 3.83. The predicted octanol–water partition coefficient (Wildman–Crippen LogP) is 3.15. The third-order valence-electron chi connectivity index (χ3n) is 1.27. The molecule has 0 fully saturated rings. The number of aliphatic carboxylic acids is 1. The summed E-state index contributed by atoms with van der Waals surface area (Å²) in [5.41, 5.74) is 1.17. The lowest BCUT2D eigenvalue weighted by Crippen LogP contribution is -1.89. The number of rotatable bonds is 2. The van der Waals surface area contributed by atoms with Crippen molar-refractivity contribution >= 4 is 23.6 Å². The van der Waals surface area contributed by atoms with Crippen LogP contribution < -0.4 is 0 Å². The molecule has 14 heavy (non-hydrogen) atoms. The fourth-order valence-electron chi connectivity index (χ4n) is 0.589. The van der Waals surface area contributed by atoms with Crippen LogP contribution in [0.1, 0.15) is 5.56 Å². The van der Waals surface area contributed by atoms with Gasteiger partial charge in [0.1, 0.15) is 5.03 Å². The maximum Gasteiger partial charge on any atom is 0.346 e. The Kier molecular flexibility index (Phi) is 6.16. The van der Waals surface area contributed by atoms with E-state index >= 15 is 0 Å². The summed E-state index contributed by atoms with van der Waals surface area (Å²) in [6.07, 6.45) is 1.83. The number of hydrogen-bond acceptors (Lipinski definition) is 1. The lowest BCUT2D eigenvalue weighted by molar-refractivity contribution is -0.131. The van der Waals surface area contributed by atoms with Crippen LogP contribution in [0.2, 0.25) is 0 Å². The fraction of sp³-hybridized carbons (Fsp3) is 0. The van der Waals surface area contributed by atoms with Crippen molar-refractivity contribution in [3.8, 4) is 0 Å². The lowest BCUT2D eigenvalue weighted by atomic mass is 10.2. The van der Waals surface area contributed by atoms with Crippen LogP contribution in [0.25, 0.3) is 6.08 Å². The van der Waals surface area contributed by atoms with E-state index in [2.05, 4.69) is 13.2 Å². The van der Waals surface area contributed by atoms with E-state index in [0.29, 0.717) is 0 Å². The zero-order valence-electron chi connectivity index (χ0n) is 7.61. The van der Waals surface area contributed by atoms with Gasteiger partial charge in [0.05, 0.1) is 0 Å². The summed E-state index contributed by atoms with van der Waals surface area (Å²) < 4.78 is 0. The van der Waals surface area contributed by atoms with Gasteiger partial charge in [-0.05, 0) is 5.56 Å². The first-order valence-corrected chi connectivity index (χ1v) is 4.21. The molecule has 0 aliphatic rings. The summed E-state index contributed by atoms with van der Waals surface area (Å²) in [6.45, 7) is 6.55. The van der Waals surface area contributed by atoms with E-state index in [1.165, 1.54) is 5.56 Å². The van der Waals surface area contributed by atoms with Crippen LogP contribution in [0, 0.1) is 0 Å². The Bertz CT molecular complexity index is 305. The minimum Gasteiger partial charge on any atom is -0.477 e. The number of carboxylic acid groups (broad SMARTS) is 1. The van der Waals surface area contributed by atoms with Crippen LogP contribution in [-0.2, 0) is 4.79 Å². The van der Waals surface area contributed by atoms with Gasteiger partial charge >= 0.3 is 5.97 Å². The highest BCUT2D eigenvalue weighted by atomic mass is 35.5. The van der Waals surface area contributed by atoms with Gasteiger partial charge in [-0.2, -0.15) is 0 Å². The molecule has 0 spiro atoms. The van der Waals surface area contributed by atoms with E-state index in [1.54, 1.807) is 0 Å². The van der Waals surface area contributed by atoms with Crippen molar-refractivity contribution in [1.29, 1.82) is 0 Å². The standard InChI is InChI=1S/C8H8.C3H3ClO2/c1-2-8-6-4-3-5-7-8;1-2(4)3(5)6/h2-7H,1H2;1H2,(H,5,6). The van der Waals surface area contributed by atoms with Crippen molar-refractivity contribution in [2.24, 2.45) is 0 Å². The third-order valence-corrected chi connectivity index (χ3v) is 1.43. The molecule has 0 heterocycles. The maximum atomic E-state index is 9.47. The molecule has 0 atom stereocenters.